The molecule has 0 saturated heterocycles. The van der Waals surface area contributed by atoms with Crippen LogP contribution in [0, 0.1) is 0 Å². The number of nitrogens with two attached hydrogens (primary N) is 1. The molecule has 0 unspecified atom stereocenters. The van der Waals surface area contributed by atoms with Gasteiger partial charge in [0.15, 0.2) is 0 Å². The van der Waals surface area contributed by atoms with Crippen LogP contribution in [0.25, 0.3) is 0 Å². The summed E-state index contributed by atoms with van der Waals surface area (Å²) in [4.78, 5) is 11.3. The van der Waals surface area contributed by atoms with Crippen molar-refractivity contribution in [2.45, 2.75) is 19.8 Å². The first kappa shape index (κ1) is 16.1. The Hall–Kier alpha value is -0.910. The maximum absolute atomic E-state index is 11.3. The van der Waals surface area contributed by atoms with Crippen LogP contribution < -0.4 is 11.1 Å². The fourth-order valence-corrected chi connectivity index (χ4v) is 1.08. The fourth-order valence-electron chi connectivity index (χ4n) is 1.08. The number of ether oxygens (including phenoxy) is 2. The molecule has 0 fully saturated rings. The molecule has 0 bridgehead atoms. The van der Waals surface area contributed by atoms with Gasteiger partial charge in [-0.1, -0.05) is 5.57 Å². The number of allylic oxidation sites excluding steroid dienone is 1. The largest absolute Gasteiger partial charge is 0.378 e. The van der Waals surface area contributed by atoms with Gasteiger partial charge in [0.25, 0.3) is 0 Å². The molecule has 0 aliphatic carbocycles. The van der Waals surface area contributed by atoms with Crippen LogP contribution in [-0.4, -0.2) is 45.4 Å². The van der Waals surface area contributed by atoms with Gasteiger partial charge in [-0.3, -0.25) is 4.79 Å². The molecular weight excluding hydrogens is 220 g/mol. The van der Waals surface area contributed by atoms with E-state index in [4.69, 9.17) is 15.2 Å². The van der Waals surface area contributed by atoms with Crippen molar-refractivity contribution in [2.24, 2.45) is 5.73 Å². The first-order valence-corrected chi connectivity index (χ1v) is 5.93. The highest BCUT2D eigenvalue weighted by molar-refractivity contribution is 5.76. The molecule has 1 amide bonds. The molecule has 100 valence electrons. The van der Waals surface area contributed by atoms with Crippen molar-refractivity contribution in [3.63, 3.8) is 0 Å². The first-order valence-electron chi connectivity index (χ1n) is 5.93. The molecule has 5 nitrogen and oxygen atoms in total. The Morgan fingerprint density at radius 1 is 1.18 bits per heavy atom. The molecule has 0 aromatic heterocycles. The van der Waals surface area contributed by atoms with Gasteiger partial charge in [-0.05, 0) is 13.3 Å². The minimum atomic E-state index is 0.0379. The first-order chi connectivity index (χ1) is 8.16. The lowest BCUT2D eigenvalue weighted by atomic mass is 10.2. The van der Waals surface area contributed by atoms with E-state index >= 15 is 0 Å². The van der Waals surface area contributed by atoms with Crippen LogP contribution in [0.2, 0.25) is 0 Å². The predicted octanol–water partition coefficient (Wildman–Crippen LogP) is 0.451. The maximum atomic E-state index is 11.3. The Labute approximate surface area is 103 Å². The third-order valence-corrected chi connectivity index (χ3v) is 1.98. The Morgan fingerprint density at radius 3 is 2.41 bits per heavy atom. The monoisotopic (exact) mass is 244 g/mol. The summed E-state index contributed by atoms with van der Waals surface area (Å²) in [5, 5.41) is 2.77. The Bertz CT molecular complexity index is 220. The van der Waals surface area contributed by atoms with Crippen LogP contribution in [0.15, 0.2) is 12.2 Å². The van der Waals surface area contributed by atoms with Gasteiger partial charge in [-0.25, -0.2) is 0 Å². The maximum Gasteiger partial charge on any atom is 0.220 e. The normalized spacial score (nSPS) is 10.2. The molecule has 3 N–H and O–H groups in total. The molecule has 0 aromatic carbocycles. The molecule has 0 heterocycles. The lowest BCUT2D eigenvalue weighted by Gasteiger charge is -2.06. The van der Waals surface area contributed by atoms with Gasteiger partial charge in [0.05, 0.1) is 26.4 Å². The zero-order valence-corrected chi connectivity index (χ0v) is 10.7. The summed E-state index contributed by atoms with van der Waals surface area (Å²) in [6, 6.07) is 0. The summed E-state index contributed by atoms with van der Waals surface area (Å²) in [6.07, 6.45) is 1.23. The van der Waals surface area contributed by atoms with Crippen LogP contribution in [-0.2, 0) is 14.3 Å². The van der Waals surface area contributed by atoms with Gasteiger partial charge in [0.1, 0.15) is 0 Å². The fraction of sp³-hybridized carbons (Fsp3) is 0.750. The smallest absolute Gasteiger partial charge is 0.220 e. The van der Waals surface area contributed by atoms with E-state index in [1.807, 2.05) is 6.92 Å². The lowest BCUT2D eigenvalue weighted by molar-refractivity contribution is -0.121. The molecule has 0 aromatic rings. The standard InChI is InChI=1S/C12H24N2O3/c1-11(2)3-4-12(15)14-6-8-17-10-9-16-7-5-13/h1,3-10,13H2,2H3,(H,14,15). The van der Waals surface area contributed by atoms with Crippen molar-refractivity contribution in [2.75, 3.05) is 39.5 Å². The number of carbonyl (C=O) groups is 1. The summed E-state index contributed by atoms with van der Waals surface area (Å²) in [5.74, 6) is 0.0379. The topological polar surface area (TPSA) is 73.6 Å². The average molecular weight is 244 g/mol. The molecule has 0 radical (unpaired) electrons. The third kappa shape index (κ3) is 13.0. The number of amides is 1. The third-order valence-electron chi connectivity index (χ3n) is 1.98. The summed E-state index contributed by atoms with van der Waals surface area (Å²) >= 11 is 0. The van der Waals surface area contributed by atoms with Gasteiger partial charge in [0.2, 0.25) is 5.91 Å². The molecule has 0 saturated carbocycles. The van der Waals surface area contributed by atoms with Gasteiger partial charge < -0.3 is 20.5 Å². The zero-order valence-electron chi connectivity index (χ0n) is 10.7. The van der Waals surface area contributed by atoms with Crippen molar-refractivity contribution < 1.29 is 14.3 Å². The quantitative estimate of drug-likeness (QED) is 0.409. The number of nitrogens with one attached hydrogen (secondary N) is 1. The van der Waals surface area contributed by atoms with Gasteiger partial charge in [-0.15, -0.1) is 6.58 Å². The van der Waals surface area contributed by atoms with E-state index in [2.05, 4.69) is 11.9 Å². The summed E-state index contributed by atoms with van der Waals surface area (Å²) in [6.45, 7) is 8.85. The highest BCUT2D eigenvalue weighted by Gasteiger charge is 1.99. The van der Waals surface area contributed by atoms with Crippen molar-refractivity contribution in [1.29, 1.82) is 0 Å². The average Bonchev–Trinajstić information content (AvgIpc) is 2.30. The van der Waals surface area contributed by atoms with Crippen LogP contribution in [0.4, 0.5) is 0 Å². The number of rotatable bonds is 11. The van der Waals surface area contributed by atoms with Crippen LogP contribution in [0.3, 0.4) is 0 Å². The summed E-state index contributed by atoms with van der Waals surface area (Å²) < 4.78 is 10.4. The number of hydrogen-bond acceptors (Lipinski definition) is 4. The van der Waals surface area contributed by atoms with Crippen molar-refractivity contribution >= 4 is 5.91 Å². The zero-order chi connectivity index (χ0) is 12.9. The van der Waals surface area contributed by atoms with Crippen LogP contribution in [0.5, 0.6) is 0 Å². The number of hydrogen-bond donors (Lipinski definition) is 2. The van der Waals surface area contributed by atoms with E-state index in [-0.39, 0.29) is 5.91 Å². The van der Waals surface area contributed by atoms with Gasteiger partial charge >= 0.3 is 0 Å². The molecule has 0 rings (SSSR count). The highest BCUT2D eigenvalue weighted by Crippen LogP contribution is 1.99. The second kappa shape index (κ2) is 11.6. The van der Waals surface area contributed by atoms with Gasteiger partial charge in [-0.2, -0.15) is 0 Å². The lowest BCUT2D eigenvalue weighted by Crippen LogP contribution is -2.27. The second-order valence-electron chi connectivity index (χ2n) is 3.82. The van der Waals surface area contributed by atoms with E-state index in [0.717, 1.165) is 12.0 Å². The van der Waals surface area contributed by atoms with E-state index < -0.39 is 0 Å². The van der Waals surface area contributed by atoms with E-state index in [1.165, 1.54) is 0 Å². The minimum Gasteiger partial charge on any atom is -0.378 e. The summed E-state index contributed by atoms with van der Waals surface area (Å²) in [5.41, 5.74) is 6.28. The highest BCUT2D eigenvalue weighted by atomic mass is 16.5. The molecule has 17 heavy (non-hydrogen) atoms. The van der Waals surface area contributed by atoms with Crippen LogP contribution >= 0.6 is 0 Å². The molecule has 5 heteroatoms. The summed E-state index contributed by atoms with van der Waals surface area (Å²) in [7, 11) is 0. The molecule has 0 aliphatic heterocycles. The second-order valence-corrected chi connectivity index (χ2v) is 3.82. The van der Waals surface area contributed by atoms with E-state index in [9.17, 15) is 4.79 Å². The molecule has 0 spiro atoms. The SMILES string of the molecule is C=C(C)CCC(=O)NCCOCCOCCN. The minimum absolute atomic E-state index is 0.0379. The predicted molar refractivity (Wildman–Crippen MR) is 67.8 cm³/mol. The van der Waals surface area contributed by atoms with E-state index in [1.54, 1.807) is 0 Å². The van der Waals surface area contributed by atoms with Crippen molar-refractivity contribution in [1.82, 2.24) is 5.32 Å². The van der Waals surface area contributed by atoms with Gasteiger partial charge in [0, 0.05) is 19.5 Å². The number of carbonyl (C=O) groups excluding carboxylic acids is 1. The Balaban J connectivity index is 3.16. The van der Waals surface area contributed by atoms with E-state index in [0.29, 0.717) is 45.9 Å². The molecule has 0 aliphatic rings. The Kier molecular flexibility index (Phi) is 11.0. The van der Waals surface area contributed by atoms with Crippen molar-refractivity contribution in [3.05, 3.63) is 12.2 Å². The molecular formula is C12H24N2O3. The Morgan fingerprint density at radius 2 is 1.82 bits per heavy atom. The van der Waals surface area contributed by atoms with Crippen LogP contribution in [0.1, 0.15) is 19.8 Å². The van der Waals surface area contributed by atoms with Crippen molar-refractivity contribution in [3.8, 4) is 0 Å². The molecule has 0 atom stereocenters.